The molecule has 0 unspecified atom stereocenters. The van der Waals surface area contributed by atoms with Crippen molar-refractivity contribution in [3.05, 3.63) is 70.1 Å². The lowest BCUT2D eigenvalue weighted by Gasteiger charge is -2.37. The molecule has 0 aromatic heterocycles. The quantitative estimate of drug-likeness (QED) is 0.645. The minimum atomic E-state index is -0.968. The van der Waals surface area contributed by atoms with Crippen LogP contribution in [0.4, 0.5) is 4.79 Å². The van der Waals surface area contributed by atoms with Crippen molar-refractivity contribution in [3.8, 4) is 11.1 Å². The molecule has 5 heteroatoms. The van der Waals surface area contributed by atoms with Gasteiger partial charge < -0.3 is 9.84 Å². The first-order chi connectivity index (χ1) is 13.9. The van der Waals surface area contributed by atoms with Crippen LogP contribution in [-0.4, -0.2) is 29.2 Å². The van der Waals surface area contributed by atoms with Gasteiger partial charge >= 0.3 is 12.1 Å². The number of hydrogen-bond donors (Lipinski definition) is 1. The van der Waals surface area contributed by atoms with Crippen molar-refractivity contribution in [1.82, 2.24) is 4.90 Å². The Hall–Kier alpha value is -3.08. The number of fused-ring (bicyclic) bond motifs is 1. The van der Waals surface area contributed by atoms with Crippen molar-refractivity contribution < 1.29 is 19.4 Å². The van der Waals surface area contributed by atoms with Gasteiger partial charge in [-0.05, 0) is 60.6 Å². The van der Waals surface area contributed by atoms with Crippen molar-refractivity contribution in [2.75, 3.05) is 7.11 Å². The predicted octanol–water partition coefficient (Wildman–Crippen LogP) is 6.02. The molecule has 3 aliphatic rings. The first kappa shape index (κ1) is 20.6. The lowest BCUT2D eigenvalue weighted by atomic mass is 9.77. The third kappa shape index (κ3) is 3.31. The monoisotopic (exact) mass is 393 g/mol. The van der Waals surface area contributed by atoms with Gasteiger partial charge in [-0.3, -0.25) is 4.90 Å². The molecular formula is C24H27NO4. The van der Waals surface area contributed by atoms with Crippen LogP contribution in [0.1, 0.15) is 62.4 Å². The van der Waals surface area contributed by atoms with Gasteiger partial charge in [0.05, 0.1) is 12.7 Å². The fraction of sp³-hybridized carbons (Fsp3) is 0.333. The normalized spacial score (nSPS) is 15.3. The van der Waals surface area contributed by atoms with Crippen molar-refractivity contribution in [2.45, 2.75) is 46.5 Å². The maximum atomic E-state index is 12.5. The third-order valence-corrected chi connectivity index (χ3v) is 5.91. The lowest BCUT2D eigenvalue weighted by molar-refractivity contribution is 0.0602. The Labute approximate surface area is 171 Å². The zero-order chi connectivity index (χ0) is 21.3. The summed E-state index contributed by atoms with van der Waals surface area (Å²) in [6, 6.07) is 11.7. The van der Waals surface area contributed by atoms with Gasteiger partial charge in [-0.25, -0.2) is 9.59 Å². The van der Waals surface area contributed by atoms with E-state index in [1.165, 1.54) is 12.0 Å². The van der Waals surface area contributed by atoms with Crippen LogP contribution in [0.25, 0.3) is 11.1 Å². The molecule has 0 saturated heterocycles. The summed E-state index contributed by atoms with van der Waals surface area (Å²) >= 11 is 0. The molecule has 1 heterocycles. The standard InChI is InChI=1S/C24H27NO4/c1-6-16-14(3)25(24(27)28)15(4)17(7-2)22(16)20-13-21(23(26)29-5)19-12-10-8-9-11-18(19)20/h8-13,22H,6-7H2,1-5H3,(H,27,28). The van der Waals surface area contributed by atoms with Gasteiger partial charge in [0.1, 0.15) is 0 Å². The molecule has 0 fully saturated rings. The molecule has 5 nitrogen and oxygen atoms in total. The second kappa shape index (κ2) is 8.11. The summed E-state index contributed by atoms with van der Waals surface area (Å²) in [7, 11) is 1.39. The van der Waals surface area contributed by atoms with Gasteiger partial charge in [-0.2, -0.15) is 0 Å². The third-order valence-electron chi connectivity index (χ3n) is 5.91. The van der Waals surface area contributed by atoms with E-state index in [4.69, 9.17) is 4.74 Å². The molecular weight excluding hydrogens is 366 g/mol. The molecule has 0 bridgehead atoms. The van der Waals surface area contributed by atoms with E-state index in [1.54, 1.807) is 0 Å². The van der Waals surface area contributed by atoms with E-state index < -0.39 is 6.09 Å². The molecule has 1 aliphatic heterocycles. The van der Waals surface area contributed by atoms with Gasteiger partial charge in [-0.1, -0.05) is 44.2 Å². The van der Waals surface area contributed by atoms with Crippen LogP contribution in [0.5, 0.6) is 0 Å². The SMILES string of the molecule is CCC1=C(C)N(C(=O)O)C(C)=C(CC)C1c1cc(C(=O)OC)c2cccccc1-2. The highest BCUT2D eigenvalue weighted by Gasteiger charge is 2.36. The minimum Gasteiger partial charge on any atom is -0.465 e. The number of nitrogens with zero attached hydrogens (tertiary/aromatic N) is 1. The second-order valence-electron chi connectivity index (χ2n) is 7.22. The van der Waals surface area contributed by atoms with Crippen molar-refractivity contribution in [2.24, 2.45) is 0 Å². The highest BCUT2D eigenvalue weighted by Crippen LogP contribution is 2.48. The molecule has 0 spiro atoms. The molecule has 0 radical (unpaired) electrons. The topological polar surface area (TPSA) is 66.8 Å². The molecule has 2 aliphatic carbocycles. The number of methoxy groups -OCH3 is 1. The Bertz CT molecular complexity index is 974. The number of hydrogen-bond acceptors (Lipinski definition) is 3. The van der Waals surface area contributed by atoms with Crippen molar-refractivity contribution >= 4 is 12.1 Å². The summed E-state index contributed by atoms with van der Waals surface area (Å²) < 4.78 is 5.02. The predicted molar refractivity (Wildman–Crippen MR) is 113 cm³/mol. The number of carbonyl (C=O) groups excluding carboxylic acids is 1. The van der Waals surface area contributed by atoms with Crippen LogP contribution in [-0.2, 0) is 4.74 Å². The average molecular weight is 393 g/mol. The zero-order valence-corrected chi connectivity index (χ0v) is 17.6. The number of carboxylic acid groups (broad SMARTS) is 1. The molecule has 29 heavy (non-hydrogen) atoms. The van der Waals surface area contributed by atoms with Crippen molar-refractivity contribution in [1.29, 1.82) is 0 Å². The van der Waals surface area contributed by atoms with Gasteiger partial charge in [0.2, 0.25) is 0 Å². The summed E-state index contributed by atoms with van der Waals surface area (Å²) in [5.41, 5.74) is 7.00. The van der Waals surface area contributed by atoms with Crippen LogP contribution >= 0.6 is 0 Å². The molecule has 3 rings (SSSR count). The van der Waals surface area contributed by atoms with E-state index in [9.17, 15) is 14.7 Å². The maximum Gasteiger partial charge on any atom is 0.415 e. The number of carbonyl (C=O) groups is 2. The fourth-order valence-electron chi connectivity index (χ4n) is 4.61. The Morgan fingerprint density at radius 1 is 1.00 bits per heavy atom. The number of ether oxygens (including phenoxy) is 1. The van der Waals surface area contributed by atoms with E-state index >= 15 is 0 Å². The smallest absolute Gasteiger partial charge is 0.415 e. The molecule has 0 atom stereocenters. The van der Waals surface area contributed by atoms with Gasteiger partial charge in [0.25, 0.3) is 0 Å². The first-order valence-corrected chi connectivity index (χ1v) is 9.89. The summed E-state index contributed by atoms with van der Waals surface area (Å²) in [6.45, 7) is 7.82. The van der Waals surface area contributed by atoms with Crippen LogP contribution in [0, 0.1) is 0 Å². The number of allylic oxidation sites excluding steroid dienone is 4. The Morgan fingerprint density at radius 2 is 1.55 bits per heavy atom. The van der Waals surface area contributed by atoms with E-state index in [0.29, 0.717) is 5.56 Å². The highest BCUT2D eigenvalue weighted by atomic mass is 16.5. The Morgan fingerprint density at radius 3 is 2.03 bits per heavy atom. The largest absolute Gasteiger partial charge is 0.465 e. The first-order valence-electron chi connectivity index (χ1n) is 9.89. The van der Waals surface area contributed by atoms with E-state index in [-0.39, 0.29) is 11.9 Å². The fourth-order valence-corrected chi connectivity index (χ4v) is 4.61. The van der Waals surface area contributed by atoms with Crippen LogP contribution in [0.2, 0.25) is 0 Å². The lowest BCUT2D eigenvalue weighted by Crippen LogP contribution is -2.33. The average Bonchev–Trinajstić information content (AvgIpc) is 2.87. The Kier molecular flexibility index (Phi) is 5.78. The van der Waals surface area contributed by atoms with E-state index in [0.717, 1.165) is 52.1 Å². The number of amides is 1. The maximum absolute atomic E-state index is 12.5. The summed E-state index contributed by atoms with van der Waals surface area (Å²) in [5.74, 6) is -0.433. The Balaban J connectivity index is 2.33. The van der Waals surface area contributed by atoms with E-state index in [2.05, 4.69) is 0 Å². The van der Waals surface area contributed by atoms with E-state index in [1.807, 2.05) is 64.1 Å². The number of rotatable bonds is 4. The molecule has 1 amide bonds. The van der Waals surface area contributed by atoms with Crippen LogP contribution in [0.15, 0.2) is 58.9 Å². The van der Waals surface area contributed by atoms with Gasteiger partial charge in [-0.15, -0.1) is 0 Å². The number of esters is 1. The van der Waals surface area contributed by atoms with Crippen LogP contribution in [0.3, 0.4) is 0 Å². The molecule has 0 aromatic carbocycles. The molecule has 0 saturated carbocycles. The summed E-state index contributed by atoms with van der Waals surface area (Å²) in [5, 5.41) is 9.77. The zero-order valence-electron chi connectivity index (χ0n) is 17.6. The summed E-state index contributed by atoms with van der Waals surface area (Å²) in [6.07, 6.45) is 0.469. The van der Waals surface area contributed by atoms with Crippen LogP contribution < -0.4 is 0 Å². The molecule has 152 valence electrons. The van der Waals surface area contributed by atoms with Gasteiger partial charge in [0, 0.05) is 17.3 Å². The van der Waals surface area contributed by atoms with Crippen molar-refractivity contribution in [3.63, 3.8) is 0 Å². The molecule has 0 aromatic rings. The molecule has 1 N–H and O–H groups in total. The highest BCUT2D eigenvalue weighted by molar-refractivity contribution is 6.00. The van der Waals surface area contributed by atoms with Gasteiger partial charge in [0.15, 0.2) is 0 Å². The minimum absolute atomic E-state index is 0.0658. The summed E-state index contributed by atoms with van der Waals surface area (Å²) in [4.78, 5) is 25.8. The second-order valence-corrected chi connectivity index (χ2v) is 7.22.